The van der Waals surface area contributed by atoms with Crippen LogP contribution in [0.2, 0.25) is 0 Å². The van der Waals surface area contributed by atoms with Gasteiger partial charge in [0, 0.05) is 24.1 Å². The van der Waals surface area contributed by atoms with E-state index in [1.807, 2.05) is 14.0 Å². The van der Waals surface area contributed by atoms with Crippen molar-refractivity contribution >= 4 is 21.6 Å². The topological polar surface area (TPSA) is 49.5 Å². The van der Waals surface area contributed by atoms with Gasteiger partial charge in [0.2, 0.25) is 0 Å². The van der Waals surface area contributed by atoms with Crippen molar-refractivity contribution in [2.75, 3.05) is 18.5 Å². The first-order chi connectivity index (χ1) is 8.91. The highest BCUT2D eigenvalue weighted by molar-refractivity contribution is 9.10. The van der Waals surface area contributed by atoms with Gasteiger partial charge in [0.15, 0.2) is 0 Å². The van der Waals surface area contributed by atoms with Gasteiger partial charge in [-0.2, -0.15) is 0 Å². The van der Waals surface area contributed by atoms with E-state index in [1.165, 1.54) is 0 Å². The van der Waals surface area contributed by atoms with Gasteiger partial charge in [0.25, 0.3) is 0 Å². The third-order valence-electron chi connectivity index (χ3n) is 3.97. The summed E-state index contributed by atoms with van der Waals surface area (Å²) in [5, 5.41) is 10.5. The number of benzene rings is 1. The number of rotatable bonds is 4. The molecule has 19 heavy (non-hydrogen) atoms. The number of aliphatic hydroxyl groups is 1. The van der Waals surface area contributed by atoms with E-state index in [0.29, 0.717) is 6.54 Å². The van der Waals surface area contributed by atoms with Crippen LogP contribution in [0.15, 0.2) is 22.7 Å². The Morgan fingerprint density at radius 3 is 2.58 bits per heavy atom. The smallest absolute Gasteiger partial charge is 0.0821 e. The fraction of sp³-hybridized carbons (Fsp3) is 0.600. The van der Waals surface area contributed by atoms with Crippen LogP contribution < -0.4 is 10.6 Å². The minimum atomic E-state index is -0.520. The molecular formula is C15H23BrN2O. The molecule has 4 heteroatoms. The highest BCUT2D eigenvalue weighted by Gasteiger charge is 2.32. The molecule has 1 saturated carbocycles. The van der Waals surface area contributed by atoms with Gasteiger partial charge in [-0.05, 0) is 53.4 Å². The Hall–Kier alpha value is -0.580. The molecule has 0 unspecified atom stereocenters. The van der Waals surface area contributed by atoms with Gasteiger partial charge < -0.3 is 15.7 Å². The van der Waals surface area contributed by atoms with Gasteiger partial charge >= 0.3 is 0 Å². The monoisotopic (exact) mass is 326 g/mol. The number of nitrogens with two attached hydrogens (primary N) is 1. The van der Waals surface area contributed by atoms with E-state index in [1.54, 1.807) is 0 Å². The molecule has 0 bridgehead atoms. The molecule has 0 amide bonds. The van der Waals surface area contributed by atoms with Crippen LogP contribution in [-0.2, 0) is 0 Å². The van der Waals surface area contributed by atoms with Crippen molar-refractivity contribution in [3.8, 4) is 0 Å². The lowest BCUT2D eigenvalue weighted by molar-refractivity contribution is 0.0559. The van der Waals surface area contributed by atoms with E-state index in [4.69, 9.17) is 5.73 Å². The standard InChI is InChI=1S/C15H23BrN2O/c1-11(17)12-5-6-14(13(16)9-12)18(2)10-15(19)7-3-4-8-15/h5-6,9,11,19H,3-4,7-8,10,17H2,1-2H3/t11-/m0/s1. The highest BCUT2D eigenvalue weighted by atomic mass is 79.9. The summed E-state index contributed by atoms with van der Waals surface area (Å²) in [4.78, 5) is 2.13. The molecule has 1 aliphatic carbocycles. The number of hydrogen-bond donors (Lipinski definition) is 2. The zero-order valence-corrected chi connectivity index (χ0v) is 13.3. The Labute approximate surface area is 123 Å². The second-order valence-corrected chi connectivity index (χ2v) is 6.64. The molecule has 0 aliphatic heterocycles. The molecule has 1 atom stereocenters. The number of anilines is 1. The van der Waals surface area contributed by atoms with Crippen molar-refractivity contribution < 1.29 is 5.11 Å². The maximum absolute atomic E-state index is 10.5. The fourth-order valence-electron chi connectivity index (χ4n) is 2.83. The Balaban J connectivity index is 2.12. The van der Waals surface area contributed by atoms with Crippen molar-refractivity contribution in [1.82, 2.24) is 0 Å². The lowest BCUT2D eigenvalue weighted by Crippen LogP contribution is -2.39. The lowest BCUT2D eigenvalue weighted by Gasteiger charge is -2.30. The van der Waals surface area contributed by atoms with Gasteiger partial charge in [-0.1, -0.05) is 18.9 Å². The first-order valence-corrected chi connectivity index (χ1v) is 7.69. The van der Waals surface area contributed by atoms with E-state index >= 15 is 0 Å². The lowest BCUT2D eigenvalue weighted by atomic mass is 10.0. The van der Waals surface area contributed by atoms with E-state index < -0.39 is 5.60 Å². The molecule has 106 valence electrons. The van der Waals surface area contributed by atoms with Crippen molar-refractivity contribution in [1.29, 1.82) is 0 Å². The minimum Gasteiger partial charge on any atom is -0.388 e. The van der Waals surface area contributed by atoms with Crippen LogP contribution in [0.5, 0.6) is 0 Å². The summed E-state index contributed by atoms with van der Waals surface area (Å²) in [6, 6.07) is 6.23. The summed E-state index contributed by atoms with van der Waals surface area (Å²) in [5.41, 5.74) is 7.58. The molecule has 0 aromatic heterocycles. The van der Waals surface area contributed by atoms with Crippen molar-refractivity contribution in [2.24, 2.45) is 5.73 Å². The first-order valence-electron chi connectivity index (χ1n) is 6.90. The van der Waals surface area contributed by atoms with Crippen molar-refractivity contribution in [2.45, 2.75) is 44.2 Å². The SMILES string of the molecule is C[C@H](N)c1ccc(N(C)CC2(O)CCCC2)c(Br)c1. The average Bonchev–Trinajstić information content (AvgIpc) is 2.75. The summed E-state index contributed by atoms with van der Waals surface area (Å²) in [5.74, 6) is 0. The third kappa shape index (κ3) is 3.50. The second-order valence-electron chi connectivity index (χ2n) is 5.79. The molecule has 2 rings (SSSR count). The van der Waals surface area contributed by atoms with Gasteiger partial charge in [0.05, 0.1) is 11.3 Å². The van der Waals surface area contributed by atoms with Crippen LogP contribution in [-0.4, -0.2) is 24.3 Å². The zero-order valence-electron chi connectivity index (χ0n) is 11.7. The van der Waals surface area contributed by atoms with Gasteiger partial charge in [-0.15, -0.1) is 0 Å². The van der Waals surface area contributed by atoms with Crippen LogP contribution in [0, 0.1) is 0 Å². The predicted molar refractivity (Wildman–Crippen MR) is 83.4 cm³/mol. The fourth-order valence-corrected chi connectivity index (χ4v) is 3.53. The molecule has 3 N–H and O–H groups in total. The Morgan fingerprint density at radius 1 is 1.42 bits per heavy atom. The third-order valence-corrected chi connectivity index (χ3v) is 4.61. The molecule has 3 nitrogen and oxygen atoms in total. The Kier molecular flexibility index (Phi) is 4.54. The van der Waals surface area contributed by atoms with Crippen LogP contribution in [0.3, 0.4) is 0 Å². The van der Waals surface area contributed by atoms with Crippen LogP contribution in [0.4, 0.5) is 5.69 Å². The normalized spacial score (nSPS) is 19.4. The molecule has 1 aromatic carbocycles. The number of nitrogens with zero attached hydrogens (tertiary/aromatic N) is 1. The van der Waals surface area contributed by atoms with Crippen molar-refractivity contribution in [3.05, 3.63) is 28.2 Å². The quantitative estimate of drug-likeness (QED) is 0.893. The maximum Gasteiger partial charge on any atom is 0.0821 e. The second kappa shape index (κ2) is 5.81. The average molecular weight is 327 g/mol. The Bertz CT molecular complexity index is 442. The zero-order chi connectivity index (χ0) is 14.0. The number of likely N-dealkylation sites (N-methyl/N-ethyl adjacent to an activating group) is 1. The van der Waals surface area contributed by atoms with Crippen molar-refractivity contribution in [3.63, 3.8) is 0 Å². The maximum atomic E-state index is 10.5. The summed E-state index contributed by atoms with van der Waals surface area (Å²) in [6.07, 6.45) is 4.09. The molecule has 1 aromatic rings. The van der Waals surface area contributed by atoms with Gasteiger partial charge in [-0.25, -0.2) is 0 Å². The first kappa shape index (κ1) is 14.8. The van der Waals surface area contributed by atoms with E-state index in [0.717, 1.165) is 41.4 Å². The predicted octanol–water partition coefficient (Wildman–Crippen LogP) is 3.21. The minimum absolute atomic E-state index is 0.0367. The van der Waals surface area contributed by atoms with Gasteiger partial charge in [-0.3, -0.25) is 0 Å². The van der Waals surface area contributed by atoms with Crippen LogP contribution in [0.25, 0.3) is 0 Å². The number of hydrogen-bond acceptors (Lipinski definition) is 3. The van der Waals surface area contributed by atoms with Gasteiger partial charge in [0.1, 0.15) is 0 Å². The molecule has 0 radical (unpaired) electrons. The molecule has 0 spiro atoms. The number of halogens is 1. The van der Waals surface area contributed by atoms with E-state index in [2.05, 4.69) is 39.0 Å². The highest BCUT2D eigenvalue weighted by Crippen LogP contribution is 2.34. The van der Waals surface area contributed by atoms with E-state index in [-0.39, 0.29) is 6.04 Å². The van der Waals surface area contributed by atoms with Crippen LogP contribution >= 0.6 is 15.9 Å². The molecular weight excluding hydrogens is 304 g/mol. The summed E-state index contributed by atoms with van der Waals surface area (Å²) in [7, 11) is 2.03. The molecule has 0 saturated heterocycles. The summed E-state index contributed by atoms with van der Waals surface area (Å²) >= 11 is 3.60. The molecule has 0 heterocycles. The summed E-state index contributed by atoms with van der Waals surface area (Å²) in [6.45, 7) is 2.66. The summed E-state index contributed by atoms with van der Waals surface area (Å²) < 4.78 is 1.03. The molecule has 1 aliphatic rings. The Morgan fingerprint density at radius 2 is 2.05 bits per heavy atom. The van der Waals surface area contributed by atoms with E-state index in [9.17, 15) is 5.11 Å². The van der Waals surface area contributed by atoms with Crippen LogP contribution in [0.1, 0.15) is 44.2 Å². The largest absolute Gasteiger partial charge is 0.388 e. The molecule has 1 fully saturated rings.